The van der Waals surface area contributed by atoms with E-state index in [0.29, 0.717) is 17.7 Å². The number of anilines is 1. The van der Waals surface area contributed by atoms with Gasteiger partial charge in [-0.1, -0.05) is 0 Å². The Hall–Kier alpha value is -1.56. The Morgan fingerprint density at radius 1 is 1.33 bits per heavy atom. The molecule has 1 aromatic rings. The van der Waals surface area contributed by atoms with Crippen molar-refractivity contribution in [1.29, 1.82) is 0 Å². The fourth-order valence-corrected chi connectivity index (χ4v) is 3.85. The highest BCUT2D eigenvalue weighted by molar-refractivity contribution is 7.91. The third-order valence-electron chi connectivity index (χ3n) is 3.23. The molecule has 0 saturated carbocycles. The van der Waals surface area contributed by atoms with E-state index in [-0.39, 0.29) is 23.5 Å². The summed E-state index contributed by atoms with van der Waals surface area (Å²) in [6.45, 7) is 0. The van der Waals surface area contributed by atoms with Gasteiger partial charge in [0.2, 0.25) is 0 Å². The van der Waals surface area contributed by atoms with Gasteiger partial charge in [-0.15, -0.1) is 0 Å². The number of hydrogen-bond donors (Lipinski definition) is 1. The largest absolute Gasteiger partial charge is 0.399 e. The van der Waals surface area contributed by atoms with Crippen molar-refractivity contribution in [2.75, 3.05) is 24.3 Å². The molecule has 0 spiro atoms. The lowest BCUT2D eigenvalue weighted by Crippen LogP contribution is -2.37. The first-order valence-corrected chi connectivity index (χ1v) is 7.54. The third kappa shape index (κ3) is 2.64. The van der Waals surface area contributed by atoms with Gasteiger partial charge in [0, 0.05) is 24.3 Å². The first kappa shape index (κ1) is 12.9. The van der Waals surface area contributed by atoms with E-state index in [4.69, 9.17) is 5.73 Å². The lowest BCUT2D eigenvalue weighted by Gasteiger charge is -2.23. The summed E-state index contributed by atoms with van der Waals surface area (Å²) in [5, 5.41) is 0. The van der Waals surface area contributed by atoms with Gasteiger partial charge in [-0.2, -0.15) is 0 Å². The SMILES string of the molecule is CN(C(=O)c1ccc(N)cc1)C1CCS(=O)(=O)C1. The second-order valence-corrected chi connectivity index (χ2v) is 6.82. The highest BCUT2D eigenvalue weighted by Gasteiger charge is 2.32. The molecule has 1 aliphatic heterocycles. The van der Waals surface area contributed by atoms with Crippen molar-refractivity contribution in [3.63, 3.8) is 0 Å². The van der Waals surface area contributed by atoms with Crippen LogP contribution in [0.2, 0.25) is 0 Å². The van der Waals surface area contributed by atoms with E-state index in [1.54, 1.807) is 31.3 Å². The smallest absolute Gasteiger partial charge is 0.253 e. The number of nitrogen functional groups attached to an aromatic ring is 1. The maximum atomic E-state index is 12.1. The third-order valence-corrected chi connectivity index (χ3v) is 4.98. The molecular weight excluding hydrogens is 252 g/mol. The van der Waals surface area contributed by atoms with Gasteiger partial charge < -0.3 is 10.6 Å². The molecule has 0 aliphatic carbocycles. The van der Waals surface area contributed by atoms with E-state index >= 15 is 0 Å². The summed E-state index contributed by atoms with van der Waals surface area (Å²) in [4.78, 5) is 13.7. The van der Waals surface area contributed by atoms with Crippen LogP contribution in [0.15, 0.2) is 24.3 Å². The highest BCUT2D eigenvalue weighted by Crippen LogP contribution is 2.18. The van der Waals surface area contributed by atoms with Crippen molar-refractivity contribution in [3.8, 4) is 0 Å². The minimum atomic E-state index is -2.98. The second kappa shape index (κ2) is 4.61. The molecule has 0 bridgehead atoms. The van der Waals surface area contributed by atoms with Crippen molar-refractivity contribution >= 4 is 21.4 Å². The maximum absolute atomic E-state index is 12.1. The number of rotatable bonds is 2. The Bertz CT molecular complexity index is 551. The summed E-state index contributed by atoms with van der Waals surface area (Å²) in [5.74, 6) is 0.0541. The van der Waals surface area contributed by atoms with Crippen LogP contribution in [0.25, 0.3) is 0 Å². The molecule has 1 heterocycles. The lowest BCUT2D eigenvalue weighted by molar-refractivity contribution is 0.0748. The van der Waals surface area contributed by atoms with Crippen molar-refractivity contribution in [2.45, 2.75) is 12.5 Å². The summed E-state index contributed by atoms with van der Waals surface area (Å²) in [6, 6.07) is 6.40. The quantitative estimate of drug-likeness (QED) is 0.793. The molecule has 0 radical (unpaired) electrons. The lowest BCUT2D eigenvalue weighted by atomic mass is 10.1. The molecule has 98 valence electrons. The van der Waals surface area contributed by atoms with E-state index in [0.717, 1.165) is 0 Å². The number of amides is 1. The molecule has 1 aromatic carbocycles. The van der Waals surface area contributed by atoms with E-state index in [9.17, 15) is 13.2 Å². The fraction of sp³-hybridized carbons (Fsp3) is 0.417. The number of nitrogens with two attached hydrogens (primary N) is 1. The number of nitrogens with zero attached hydrogens (tertiary/aromatic N) is 1. The summed E-state index contributed by atoms with van der Waals surface area (Å²) in [6.07, 6.45) is 0.513. The number of carbonyl (C=O) groups is 1. The summed E-state index contributed by atoms with van der Waals surface area (Å²) in [7, 11) is -1.33. The predicted octanol–water partition coefficient (Wildman–Crippen LogP) is 0.528. The minimum Gasteiger partial charge on any atom is -0.399 e. The summed E-state index contributed by atoms with van der Waals surface area (Å²) < 4.78 is 22.8. The van der Waals surface area contributed by atoms with Crippen LogP contribution in [-0.4, -0.2) is 43.8 Å². The van der Waals surface area contributed by atoms with Crippen LogP contribution in [-0.2, 0) is 9.84 Å². The van der Waals surface area contributed by atoms with Crippen molar-refractivity contribution in [3.05, 3.63) is 29.8 Å². The molecule has 1 atom stereocenters. The van der Waals surface area contributed by atoms with Gasteiger partial charge in [0.15, 0.2) is 9.84 Å². The van der Waals surface area contributed by atoms with Crippen molar-refractivity contribution in [1.82, 2.24) is 4.90 Å². The molecule has 18 heavy (non-hydrogen) atoms. The minimum absolute atomic E-state index is 0.0597. The van der Waals surface area contributed by atoms with Gasteiger partial charge >= 0.3 is 0 Å². The van der Waals surface area contributed by atoms with Crippen LogP contribution in [0.5, 0.6) is 0 Å². The zero-order valence-electron chi connectivity index (χ0n) is 10.2. The van der Waals surface area contributed by atoms with E-state index in [2.05, 4.69) is 0 Å². The molecule has 1 amide bonds. The molecule has 2 rings (SSSR count). The topological polar surface area (TPSA) is 80.5 Å². The molecule has 1 aliphatic rings. The Labute approximate surface area is 107 Å². The molecule has 0 aromatic heterocycles. The number of benzene rings is 1. The first-order chi connectivity index (χ1) is 8.39. The van der Waals surface area contributed by atoms with Crippen LogP contribution in [0.1, 0.15) is 16.8 Å². The number of carbonyl (C=O) groups excluding carboxylic acids is 1. The molecule has 1 fully saturated rings. The fourth-order valence-electron chi connectivity index (χ4n) is 2.08. The number of sulfone groups is 1. The Morgan fingerprint density at radius 3 is 2.44 bits per heavy atom. The second-order valence-electron chi connectivity index (χ2n) is 4.59. The maximum Gasteiger partial charge on any atom is 0.253 e. The molecule has 2 N–H and O–H groups in total. The molecule has 5 nitrogen and oxygen atoms in total. The van der Waals surface area contributed by atoms with Crippen LogP contribution in [0.4, 0.5) is 5.69 Å². The monoisotopic (exact) mass is 268 g/mol. The first-order valence-electron chi connectivity index (χ1n) is 5.72. The molecule has 6 heteroatoms. The summed E-state index contributed by atoms with van der Waals surface area (Å²) in [5.41, 5.74) is 6.68. The average Bonchev–Trinajstić information content (AvgIpc) is 2.69. The predicted molar refractivity (Wildman–Crippen MR) is 70.0 cm³/mol. The van der Waals surface area contributed by atoms with Crippen LogP contribution in [0, 0.1) is 0 Å². The van der Waals surface area contributed by atoms with Gasteiger partial charge in [0.1, 0.15) is 0 Å². The zero-order valence-corrected chi connectivity index (χ0v) is 11.0. The average molecular weight is 268 g/mol. The van der Waals surface area contributed by atoms with E-state index in [1.807, 2.05) is 0 Å². The van der Waals surface area contributed by atoms with Crippen molar-refractivity contribution < 1.29 is 13.2 Å². The zero-order chi connectivity index (χ0) is 13.3. The summed E-state index contributed by atoms with van der Waals surface area (Å²) >= 11 is 0. The standard InChI is InChI=1S/C12H16N2O3S/c1-14(11-6-7-18(16,17)8-11)12(15)9-2-4-10(13)5-3-9/h2-5,11H,6-8,13H2,1H3. The van der Waals surface area contributed by atoms with Gasteiger partial charge in [0.25, 0.3) is 5.91 Å². The van der Waals surface area contributed by atoms with Gasteiger partial charge in [-0.3, -0.25) is 4.79 Å². The Morgan fingerprint density at radius 2 is 1.94 bits per heavy atom. The normalized spacial score (nSPS) is 21.7. The van der Waals surface area contributed by atoms with Gasteiger partial charge in [-0.05, 0) is 30.7 Å². The number of hydrogen-bond acceptors (Lipinski definition) is 4. The van der Waals surface area contributed by atoms with E-state index in [1.165, 1.54) is 4.90 Å². The van der Waals surface area contributed by atoms with Gasteiger partial charge in [0.05, 0.1) is 11.5 Å². The van der Waals surface area contributed by atoms with Crippen LogP contribution >= 0.6 is 0 Å². The van der Waals surface area contributed by atoms with E-state index < -0.39 is 9.84 Å². The molecule has 1 saturated heterocycles. The highest BCUT2D eigenvalue weighted by atomic mass is 32.2. The molecule has 1 unspecified atom stereocenters. The van der Waals surface area contributed by atoms with Crippen molar-refractivity contribution in [2.24, 2.45) is 0 Å². The Kier molecular flexibility index (Phi) is 3.30. The van der Waals surface area contributed by atoms with Crippen LogP contribution < -0.4 is 5.73 Å². The van der Waals surface area contributed by atoms with Gasteiger partial charge in [-0.25, -0.2) is 8.42 Å². The van der Waals surface area contributed by atoms with Crippen LogP contribution in [0.3, 0.4) is 0 Å². The Balaban J connectivity index is 2.12. The molecular formula is C12H16N2O3S.